The van der Waals surface area contributed by atoms with Gasteiger partial charge < -0.3 is 10.1 Å². The van der Waals surface area contributed by atoms with E-state index in [-0.39, 0.29) is 29.8 Å². The Morgan fingerprint density at radius 2 is 2.04 bits per heavy atom. The molecule has 0 saturated carbocycles. The first-order chi connectivity index (χ1) is 10.9. The second-order valence-electron chi connectivity index (χ2n) is 5.75. The van der Waals surface area contributed by atoms with Crippen LogP contribution >= 0.6 is 0 Å². The third-order valence-corrected chi connectivity index (χ3v) is 4.03. The predicted molar refractivity (Wildman–Crippen MR) is 84.6 cm³/mol. The highest BCUT2D eigenvalue weighted by atomic mass is 19.1. The number of hydrogen-bond acceptors (Lipinski definition) is 4. The Morgan fingerprint density at radius 3 is 2.65 bits per heavy atom. The molecule has 126 valence electrons. The molecule has 0 bridgehead atoms. The van der Waals surface area contributed by atoms with Crippen molar-refractivity contribution in [3.8, 4) is 0 Å². The maximum Gasteiger partial charge on any atom is 0.307 e. The number of amidine groups is 1. The van der Waals surface area contributed by atoms with Crippen molar-refractivity contribution in [2.24, 2.45) is 10.9 Å². The van der Waals surface area contributed by atoms with Crippen LogP contribution in [0.3, 0.4) is 0 Å². The molecule has 2 rings (SSSR count). The molecule has 0 fully saturated rings. The van der Waals surface area contributed by atoms with Crippen molar-refractivity contribution in [3.63, 3.8) is 0 Å². The van der Waals surface area contributed by atoms with Gasteiger partial charge >= 0.3 is 5.97 Å². The number of carbonyl (C=O) groups is 1. The summed E-state index contributed by atoms with van der Waals surface area (Å²) in [6.07, 6.45) is 0.234. The Bertz CT molecular complexity index is 594. The van der Waals surface area contributed by atoms with Gasteiger partial charge in [-0.05, 0) is 31.5 Å². The van der Waals surface area contributed by atoms with E-state index in [1.54, 1.807) is 13.8 Å². The van der Waals surface area contributed by atoms with Gasteiger partial charge in [-0.2, -0.15) is 0 Å². The first-order valence-corrected chi connectivity index (χ1v) is 7.83. The van der Waals surface area contributed by atoms with Gasteiger partial charge in [-0.15, -0.1) is 0 Å². The van der Waals surface area contributed by atoms with Crippen LogP contribution in [-0.2, 0) is 9.53 Å². The number of nitrogens with one attached hydrogen (secondary N) is 1. The van der Waals surface area contributed by atoms with Crippen molar-refractivity contribution in [2.75, 3.05) is 19.7 Å². The third-order valence-electron chi connectivity index (χ3n) is 4.03. The quantitative estimate of drug-likeness (QED) is 0.847. The molecule has 1 aliphatic rings. The largest absolute Gasteiger partial charge is 0.466 e. The maximum absolute atomic E-state index is 14.1. The summed E-state index contributed by atoms with van der Waals surface area (Å²) in [6.45, 7) is 6.38. The summed E-state index contributed by atoms with van der Waals surface area (Å²) in [5.74, 6) is -1.12. The number of esters is 1. The summed E-state index contributed by atoms with van der Waals surface area (Å²) in [4.78, 5) is 15.6. The number of halogens is 2. The second kappa shape index (κ2) is 7.53. The van der Waals surface area contributed by atoms with E-state index in [4.69, 9.17) is 4.74 Å². The van der Waals surface area contributed by atoms with Gasteiger partial charge in [0.1, 0.15) is 11.6 Å². The number of carbonyl (C=O) groups excluding carboxylic acids is 1. The van der Waals surface area contributed by atoms with Gasteiger partial charge in [0.25, 0.3) is 0 Å². The molecular weight excluding hydrogens is 302 g/mol. The predicted octanol–water partition coefficient (Wildman–Crippen LogP) is 2.95. The second-order valence-corrected chi connectivity index (χ2v) is 5.75. The number of rotatable bonds is 5. The lowest BCUT2D eigenvalue weighted by Crippen LogP contribution is -2.31. The summed E-state index contributed by atoms with van der Waals surface area (Å²) >= 11 is 0. The molecule has 0 amide bonds. The molecule has 1 aromatic carbocycles. The van der Waals surface area contributed by atoms with E-state index in [2.05, 4.69) is 10.3 Å². The summed E-state index contributed by atoms with van der Waals surface area (Å²) in [7, 11) is 0. The Balaban J connectivity index is 1.98. The van der Waals surface area contributed by atoms with Crippen LogP contribution in [0.1, 0.15) is 37.3 Å². The summed E-state index contributed by atoms with van der Waals surface area (Å²) < 4.78 is 33.1. The average molecular weight is 324 g/mol. The Labute approximate surface area is 134 Å². The van der Waals surface area contributed by atoms with Gasteiger partial charge in [-0.3, -0.25) is 9.79 Å². The van der Waals surface area contributed by atoms with Crippen LogP contribution in [0.25, 0.3) is 0 Å². The number of aryl methyl sites for hydroxylation is 1. The fourth-order valence-corrected chi connectivity index (χ4v) is 2.84. The molecule has 2 atom stereocenters. The van der Waals surface area contributed by atoms with Gasteiger partial charge in [0, 0.05) is 30.5 Å². The van der Waals surface area contributed by atoms with Crippen molar-refractivity contribution in [2.45, 2.75) is 33.1 Å². The summed E-state index contributed by atoms with van der Waals surface area (Å²) in [5.41, 5.74) is 0.650. The van der Waals surface area contributed by atoms with Crippen LogP contribution < -0.4 is 5.32 Å². The summed E-state index contributed by atoms with van der Waals surface area (Å²) in [5, 5.41) is 3.07. The number of hydrogen-bond donors (Lipinski definition) is 1. The minimum Gasteiger partial charge on any atom is -0.466 e. The van der Waals surface area contributed by atoms with Crippen LogP contribution in [0.5, 0.6) is 0 Å². The molecule has 1 N–H and O–H groups in total. The van der Waals surface area contributed by atoms with E-state index in [1.807, 2.05) is 6.92 Å². The zero-order chi connectivity index (χ0) is 17.0. The lowest BCUT2D eigenvalue weighted by atomic mass is 9.87. The van der Waals surface area contributed by atoms with E-state index in [0.29, 0.717) is 31.1 Å². The minimum absolute atomic E-state index is 0.0917. The topological polar surface area (TPSA) is 50.7 Å². The molecule has 0 spiro atoms. The highest BCUT2D eigenvalue weighted by molar-refractivity contribution is 5.87. The van der Waals surface area contributed by atoms with E-state index in [0.717, 1.165) is 0 Å². The molecule has 4 nitrogen and oxygen atoms in total. The minimum atomic E-state index is -0.526. The molecule has 1 aliphatic heterocycles. The van der Waals surface area contributed by atoms with Gasteiger partial charge in [-0.25, -0.2) is 8.78 Å². The highest BCUT2D eigenvalue weighted by Crippen LogP contribution is 2.34. The molecular formula is C17H22F2N2O2. The summed E-state index contributed by atoms with van der Waals surface area (Å²) in [6, 6.07) is 2.69. The van der Waals surface area contributed by atoms with Gasteiger partial charge in [0.05, 0.1) is 18.9 Å². The van der Waals surface area contributed by atoms with Crippen molar-refractivity contribution >= 4 is 11.8 Å². The Hall–Kier alpha value is -1.98. The molecule has 0 aliphatic carbocycles. The van der Waals surface area contributed by atoms with Gasteiger partial charge in [0.15, 0.2) is 0 Å². The fraction of sp³-hybridized carbons (Fsp3) is 0.529. The number of aliphatic imine (C=N–C) groups is 1. The van der Waals surface area contributed by atoms with Crippen molar-refractivity contribution in [1.29, 1.82) is 0 Å². The van der Waals surface area contributed by atoms with Crippen LogP contribution in [0.15, 0.2) is 17.1 Å². The van der Waals surface area contributed by atoms with Crippen LogP contribution in [0.2, 0.25) is 0 Å². The van der Waals surface area contributed by atoms with Crippen LogP contribution in [0.4, 0.5) is 8.78 Å². The number of ether oxygens (including phenoxy) is 1. The van der Waals surface area contributed by atoms with Crippen molar-refractivity contribution < 1.29 is 18.3 Å². The monoisotopic (exact) mass is 324 g/mol. The lowest BCUT2D eigenvalue weighted by molar-refractivity contribution is -0.142. The third kappa shape index (κ3) is 4.06. The first kappa shape index (κ1) is 17.4. The maximum atomic E-state index is 14.1. The standard InChI is InChI=1S/C17H22F2N2O2/c1-4-23-15(22)5-6-20-17-11(3)12(9-21-17)16-13(18)7-10(2)8-14(16)19/h7-8,11-12H,4-6,9H2,1-3H3,(H,20,21)/t11-,12+/m0/s1. The van der Waals surface area contributed by atoms with E-state index in [9.17, 15) is 13.6 Å². The zero-order valence-electron chi connectivity index (χ0n) is 13.7. The van der Waals surface area contributed by atoms with E-state index in [1.165, 1.54) is 12.1 Å². The fourth-order valence-electron chi connectivity index (χ4n) is 2.84. The van der Waals surface area contributed by atoms with E-state index < -0.39 is 11.6 Å². The van der Waals surface area contributed by atoms with Gasteiger partial charge in [0.2, 0.25) is 0 Å². The molecule has 1 aromatic rings. The molecule has 0 saturated heterocycles. The molecule has 0 radical (unpaired) electrons. The highest BCUT2D eigenvalue weighted by Gasteiger charge is 2.33. The lowest BCUT2D eigenvalue weighted by Gasteiger charge is -2.19. The van der Waals surface area contributed by atoms with Crippen LogP contribution in [-0.4, -0.2) is 31.5 Å². The van der Waals surface area contributed by atoms with Crippen molar-refractivity contribution in [1.82, 2.24) is 5.32 Å². The Kier molecular flexibility index (Phi) is 5.69. The van der Waals surface area contributed by atoms with Crippen molar-refractivity contribution in [3.05, 3.63) is 34.9 Å². The van der Waals surface area contributed by atoms with Gasteiger partial charge in [-0.1, -0.05) is 6.92 Å². The molecule has 23 heavy (non-hydrogen) atoms. The molecule has 0 aromatic heterocycles. The number of nitrogens with zero attached hydrogens (tertiary/aromatic N) is 1. The SMILES string of the molecule is CCOC(=O)CCNC1=NC[C@@H](c2c(F)cc(C)cc2F)[C@@H]1C. The molecule has 0 unspecified atom stereocenters. The zero-order valence-corrected chi connectivity index (χ0v) is 13.7. The molecule has 1 heterocycles. The normalized spacial score (nSPS) is 20.3. The smallest absolute Gasteiger partial charge is 0.307 e. The first-order valence-electron chi connectivity index (χ1n) is 7.83. The molecule has 6 heteroatoms. The van der Waals surface area contributed by atoms with Crippen LogP contribution in [0, 0.1) is 24.5 Å². The number of benzene rings is 1. The Morgan fingerprint density at radius 1 is 1.39 bits per heavy atom. The van der Waals surface area contributed by atoms with E-state index >= 15 is 0 Å². The average Bonchev–Trinajstić information content (AvgIpc) is 2.80.